The van der Waals surface area contributed by atoms with E-state index in [9.17, 15) is 0 Å². The third-order valence-electron chi connectivity index (χ3n) is 4.74. The van der Waals surface area contributed by atoms with E-state index in [0.717, 1.165) is 21.9 Å². The zero-order chi connectivity index (χ0) is 16.7. The van der Waals surface area contributed by atoms with Gasteiger partial charge in [-0.15, -0.1) is 0 Å². The summed E-state index contributed by atoms with van der Waals surface area (Å²) >= 11 is 4.48. The molecule has 0 radical (unpaired) electrons. The second-order valence-electron chi connectivity index (χ2n) is 6.89. The monoisotopic (exact) mass is 327 g/mol. The van der Waals surface area contributed by atoms with Gasteiger partial charge in [0.1, 0.15) is 0 Å². The highest BCUT2D eigenvalue weighted by Gasteiger charge is 2.52. The number of fused-ring (bicyclic) bond motifs is 1. The summed E-state index contributed by atoms with van der Waals surface area (Å²) in [5.41, 5.74) is 2.34. The van der Waals surface area contributed by atoms with Gasteiger partial charge in [-0.3, -0.25) is 4.98 Å². The average Bonchev–Trinajstić information content (AvgIpc) is 2.73. The van der Waals surface area contributed by atoms with Gasteiger partial charge in [-0.25, -0.2) is 0 Å². The molecule has 0 amide bonds. The fraction of sp³-hybridized carbons (Fsp3) is 0.389. The van der Waals surface area contributed by atoms with E-state index in [0.29, 0.717) is 5.75 Å². The minimum absolute atomic E-state index is 0.350. The number of pyridine rings is 1. The fourth-order valence-corrected chi connectivity index (χ4v) is 2.87. The Balaban J connectivity index is 1.99. The van der Waals surface area contributed by atoms with Crippen molar-refractivity contribution in [3.05, 3.63) is 47.6 Å². The largest absolute Gasteiger partial charge is 0.491 e. The number of nitrogens with zero attached hydrogens (tertiary/aromatic N) is 1. The first-order chi connectivity index (χ1) is 10.8. The third-order valence-corrected chi connectivity index (χ3v) is 5.11. The summed E-state index contributed by atoms with van der Waals surface area (Å²) in [6.07, 6.45) is 3.90. The first-order valence-electron chi connectivity index (χ1n) is 7.85. The molecule has 0 atom stereocenters. The SMILES string of the molecule is CC1(C)OB(C(=Cc2cccc3cccnc23)CS)OC1(C)C. The van der Waals surface area contributed by atoms with Crippen LogP contribution in [0, 0.1) is 0 Å². The minimum atomic E-state index is -0.378. The van der Waals surface area contributed by atoms with Crippen molar-refractivity contribution >= 4 is 36.7 Å². The molecule has 1 aliphatic heterocycles. The molecule has 0 spiro atoms. The number of thiol groups is 1. The number of hydrogen-bond donors (Lipinski definition) is 1. The molecule has 2 heterocycles. The van der Waals surface area contributed by atoms with Gasteiger partial charge in [0.15, 0.2) is 0 Å². The summed E-state index contributed by atoms with van der Waals surface area (Å²) in [7, 11) is -0.378. The zero-order valence-electron chi connectivity index (χ0n) is 14.0. The minimum Gasteiger partial charge on any atom is -0.400 e. The molecule has 3 nitrogen and oxygen atoms in total. The Hall–Kier alpha value is -1.30. The molecule has 3 rings (SSSR count). The van der Waals surface area contributed by atoms with Crippen molar-refractivity contribution in [3.8, 4) is 0 Å². The number of benzene rings is 1. The molecule has 0 saturated carbocycles. The lowest BCUT2D eigenvalue weighted by Crippen LogP contribution is -2.41. The maximum absolute atomic E-state index is 6.14. The number of aromatic nitrogens is 1. The molecule has 0 N–H and O–H groups in total. The Bertz CT molecular complexity index is 736. The highest BCUT2D eigenvalue weighted by atomic mass is 32.1. The molecule has 2 aromatic rings. The van der Waals surface area contributed by atoms with Crippen molar-refractivity contribution in [1.29, 1.82) is 0 Å². The third kappa shape index (κ3) is 3.05. The lowest BCUT2D eigenvalue weighted by atomic mass is 9.78. The Labute approximate surface area is 143 Å². The Morgan fingerprint density at radius 3 is 2.43 bits per heavy atom. The van der Waals surface area contributed by atoms with Crippen LogP contribution in [0.5, 0.6) is 0 Å². The van der Waals surface area contributed by atoms with Gasteiger partial charge in [-0.1, -0.05) is 30.3 Å². The summed E-state index contributed by atoms with van der Waals surface area (Å²) in [5.74, 6) is 0.569. The van der Waals surface area contributed by atoms with Crippen molar-refractivity contribution in [2.75, 3.05) is 5.75 Å². The first-order valence-corrected chi connectivity index (χ1v) is 8.48. The van der Waals surface area contributed by atoms with Gasteiger partial charge in [-0.05, 0) is 39.2 Å². The van der Waals surface area contributed by atoms with E-state index in [4.69, 9.17) is 9.31 Å². The summed E-state index contributed by atoms with van der Waals surface area (Å²) in [6, 6.07) is 10.2. The fourth-order valence-electron chi connectivity index (χ4n) is 2.63. The molecule has 1 aromatic heterocycles. The highest BCUT2D eigenvalue weighted by molar-refractivity contribution is 7.80. The van der Waals surface area contributed by atoms with Gasteiger partial charge in [-0.2, -0.15) is 12.6 Å². The van der Waals surface area contributed by atoms with Crippen molar-refractivity contribution in [1.82, 2.24) is 4.98 Å². The maximum atomic E-state index is 6.14. The van der Waals surface area contributed by atoms with Crippen LogP contribution in [0.15, 0.2) is 42.0 Å². The van der Waals surface area contributed by atoms with E-state index in [-0.39, 0.29) is 18.3 Å². The summed E-state index contributed by atoms with van der Waals surface area (Å²) in [6.45, 7) is 8.23. The molecule has 5 heteroatoms. The highest BCUT2D eigenvalue weighted by Crippen LogP contribution is 2.39. The van der Waals surface area contributed by atoms with Gasteiger partial charge in [0, 0.05) is 22.9 Å². The van der Waals surface area contributed by atoms with Crippen molar-refractivity contribution in [3.63, 3.8) is 0 Å². The van der Waals surface area contributed by atoms with Crippen molar-refractivity contribution in [2.24, 2.45) is 0 Å². The van der Waals surface area contributed by atoms with Crippen LogP contribution < -0.4 is 0 Å². The molecular formula is C18H22BNO2S. The van der Waals surface area contributed by atoms with Gasteiger partial charge in [0.2, 0.25) is 0 Å². The van der Waals surface area contributed by atoms with Gasteiger partial charge in [0.05, 0.1) is 16.7 Å². The predicted octanol–water partition coefficient (Wildman–Crippen LogP) is 4.18. The van der Waals surface area contributed by atoms with E-state index in [1.807, 2.05) is 18.3 Å². The van der Waals surface area contributed by atoms with Gasteiger partial charge < -0.3 is 9.31 Å². The van der Waals surface area contributed by atoms with Crippen LogP contribution in [0.2, 0.25) is 0 Å². The number of para-hydroxylation sites is 1. The zero-order valence-corrected chi connectivity index (χ0v) is 14.9. The van der Waals surface area contributed by atoms with Crippen LogP contribution in [0.4, 0.5) is 0 Å². The smallest absolute Gasteiger partial charge is 0.400 e. The Morgan fingerprint density at radius 2 is 1.78 bits per heavy atom. The van der Waals surface area contributed by atoms with Gasteiger partial charge in [0.25, 0.3) is 0 Å². The lowest BCUT2D eigenvalue weighted by molar-refractivity contribution is 0.00578. The van der Waals surface area contributed by atoms with Crippen LogP contribution in [0.25, 0.3) is 17.0 Å². The van der Waals surface area contributed by atoms with E-state index >= 15 is 0 Å². The molecule has 0 bridgehead atoms. The van der Waals surface area contributed by atoms with Crippen LogP contribution in [-0.4, -0.2) is 29.1 Å². The van der Waals surface area contributed by atoms with Crippen LogP contribution in [0.3, 0.4) is 0 Å². The van der Waals surface area contributed by atoms with Crippen molar-refractivity contribution < 1.29 is 9.31 Å². The topological polar surface area (TPSA) is 31.4 Å². The van der Waals surface area contributed by atoms with E-state index in [2.05, 4.69) is 69.6 Å². The molecule has 0 aliphatic carbocycles. The molecule has 23 heavy (non-hydrogen) atoms. The van der Waals surface area contributed by atoms with E-state index in [1.165, 1.54) is 0 Å². The number of hydrogen-bond acceptors (Lipinski definition) is 4. The molecule has 1 aromatic carbocycles. The quantitative estimate of drug-likeness (QED) is 0.678. The maximum Gasteiger partial charge on any atom is 0.491 e. The van der Waals surface area contributed by atoms with Crippen LogP contribution in [-0.2, 0) is 9.31 Å². The van der Waals surface area contributed by atoms with Crippen LogP contribution in [0.1, 0.15) is 33.3 Å². The predicted molar refractivity (Wildman–Crippen MR) is 99.7 cm³/mol. The van der Waals surface area contributed by atoms with Crippen LogP contribution >= 0.6 is 12.6 Å². The summed E-state index contributed by atoms with van der Waals surface area (Å²) < 4.78 is 12.3. The molecular weight excluding hydrogens is 305 g/mol. The Morgan fingerprint density at radius 1 is 1.13 bits per heavy atom. The first kappa shape index (κ1) is 16.6. The molecule has 1 saturated heterocycles. The second-order valence-corrected chi connectivity index (χ2v) is 7.20. The molecule has 0 unspecified atom stereocenters. The standard InChI is InChI=1S/C18H22BNO2S/c1-17(2)18(3,4)22-19(21-17)15(12-23)11-14-8-5-7-13-9-6-10-20-16(13)14/h5-11,23H,12H2,1-4H3. The second kappa shape index (κ2) is 5.97. The average molecular weight is 327 g/mol. The number of rotatable bonds is 3. The lowest BCUT2D eigenvalue weighted by Gasteiger charge is -2.32. The molecule has 1 aliphatic rings. The van der Waals surface area contributed by atoms with Gasteiger partial charge >= 0.3 is 7.12 Å². The Kier molecular flexibility index (Phi) is 4.30. The summed E-state index contributed by atoms with van der Waals surface area (Å²) in [4.78, 5) is 4.50. The normalized spacial score (nSPS) is 20.2. The molecule has 120 valence electrons. The van der Waals surface area contributed by atoms with Crippen molar-refractivity contribution in [2.45, 2.75) is 38.9 Å². The summed E-state index contributed by atoms with van der Waals surface area (Å²) in [5, 5.41) is 1.12. The van der Waals surface area contributed by atoms with E-state index < -0.39 is 0 Å². The van der Waals surface area contributed by atoms with E-state index in [1.54, 1.807) is 0 Å². The molecule has 1 fully saturated rings.